The Hall–Kier alpha value is -2.39. The number of thiophene rings is 1. The summed E-state index contributed by atoms with van der Waals surface area (Å²) in [5.74, 6) is -2.04. The number of anilines is 1. The Balaban J connectivity index is 1.86. The average Bonchev–Trinajstić information content (AvgIpc) is 2.92. The van der Waals surface area contributed by atoms with Crippen molar-refractivity contribution in [2.45, 2.75) is 25.1 Å². The summed E-state index contributed by atoms with van der Waals surface area (Å²) in [7, 11) is 0. The lowest BCUT2D eigenvalue weighted by Crippen LogP contribution is -2.52. The number of benzene rings is 1. The lowest BCUT2D eigenvalue weighted by atomic mass is 10.0. The lowest BCUT2D eigenvalue weighted by Gasteiger charge is -2.25. The van der Waals surface area contributed by atoms with Crippen molar-refractivity contribution in [3.05, 3.63) is 45.6 Å². The zero-order valence-electron chi connectivity index (χ0n) is 12.8. The SMILES string of the molecule is CC(O)(C(=O)Nc1ccc2c(c1)OC(=O)c1sccc1C2)C(F)(F)F. The van der Waals surface area contributed by atoms with Crippen molar-refractivity contribution >= 4 is 28.9 Å². The maximum Gasteiger partial charge on any atom is 0.426 e. The minimum atomic E-state index is -5.12. The molecule has 1 amide bonds. The fourth-order valence-corrected chi connectivity index (χ4v) is 3.06. The van der Waals surface area contributed by atoms with Crippen LogP contribution in [0.3, 0.4) is 0 Å². The number of halogens is 3. The molecule has 9 heteroatoms. The third kappa shape index (κ3) is 3.12. The third-order valence-electron chi connectivity index (χ3n) is 3.83. The quantitative estimate of drug-likeness (QED) is 0.628. The van der Waals surface area contributed by atoms with Crippen molar-refractivity contribution < 1.29 is 32.6 Å². The highest BCUT2D eigenvalue weighted by Gasteiger charge is 2.55. The summed E-state index contributed by atoms with van der Waals surface area (Å²) >= 11 is 1.24. The van der Waals surface area contributed by atoms with E-state index in [2.05, 4.69) is 0 Å². The molecule has 0 saturated heterocycles. The smallest absolute Gasteiger partial charge is 0.422 e. The number of rotatable bonds is 2. The van der Waals surface area contributed by atoms with Gasteiger partial charge in [-0.15, -0.1) is 11.3 Å². The van der Waals surface area contributed by atoms with Gasteiger partial charge >= 0.3 is 12.1 Å². The number of amides is 1. The van der Waals surface area contributed by atoms with Crippen molar-refractivity contribution in [2.75, 3.05) is 5.32 Å². The molecule has 5 nitrogen and oxygen atoms in total. The standard InChI is InChI=1S/C16H12F3NO4S/c1-15(23,16(17,18)19)14(22)20-10-3-2-8-6-9-4-5-25-12(9)13(21)24-11(8)7-10/h2-5,7,23H,6H2,1H3,(H,20,22). The van der Waals surface area contributed by atoms with Crippen LogP contribution in [0.1, 0.15) is 27.7 Å². The number of carbonyl (C=O) groups excluding carboxylic acids is 2. The number of fused-ring (bicyclic) bond motifs is 2. The second kappa shape index (κ2) is 5.85. The molecule has 1 aromatic carbocycles. The van der Waals surface area contributed by atoms with Gasteiger partial charge in [-0.1, -0.05) is 6.07 Å². The van der Waals surface area contributed by atoms with Gasteiger partial charge in [0.05, 0.1) is 0 Å². The van der Waals surface area contributed by atoms with Gasteiger partial charge in [-0.05, 0) is 35.6 Å². The Morgan fingerprint density at radius 3 is 2.68 bits per heavy atom. The summed E-state index contributed by atoms with van der Waals surface area (Å²) in [5, 5.41) is 13.1. The van der Waals surface area contributed by atoms with Crippen LogP contribution in [0.4, 0.5) is 18.9 Å². The maximum atomic E-state index is 12.7. The van der Waals surface area contributed by atoms with E-state index < -0.39 is 23.7 Å². The monoisotopic (exact) mass is 371 g/mol. The van der Waals surface area contributed by atoms with Crippen LogP contribution < -0.4 is 10.1 Å². The van der Waals surface area contributed by atoms with Gasteiger partial charge in [-0.2, -0.15) is 13.2 Å². The minimum absolute atomic E-state index is 0.0219. The van der Waals surface area contributed by atoms with E-state index in [9.17, 15) is 27.9 Å². The van der Waals surface area contributed by atoms with E-state index in [4.69, 9.17) is 4.74 Å². The van der Waals surface area contributed by atoms with Crippen LogP contribution >= 0.6 is 11.3 Å². The highest BCUT2D eigenvalue weighted by Crippen LogP contribution is 2.34. The number of nitrogens with one attached hydrogen (secondary N) is 1. The second-order valence-corrected chi connectivity index (χ2v) is 6.60. The summed E-state index contributed by atoms with van der Waals surface area (Å²) in [4.78, 5) is 24.3. The molecule has 1 aromatic heterocycles. The average molecular weight is 371 g/mol. The molecule has 0 bridgehead atoms. The van der Waals surface area contributed by atoms with E-state index >= 15 is 0 Å². The summed E-state index contributed by atoms with van der Waals surface area (Å²) in [6.45, 7) is 0.365. The largest absolute Gasteiger partial charge is 0.426 e. The number of ether oxygens (including phenoxy) is 1. The predicted molar refractivity (Wildman–Crippen MR) is 83.8 cm³/mol. The normalized spacial score (nSPS) is 16.1. The molecule has 25 heavy (non-hydrogen) atoms. The summed E-state index contributed by atoms with van der Waals surface area (Å²) < 4.78 is 43.4. The molecule has 2 aromatic rings. The molecule has 1 atom stereocenters. The molecule has 0 radical (unpaired) electrons. The van der Waals surface area contributed by atoms with Gasteiger partial charge in [0.15, 0.2) is 0 Å². The molecule has 3 rings (SSSR count). The topological polar surface area (TPSA) is 75.6 Å². The predicted octanol–water partition coefficient (Wildman–Crippen LogP) is 3.12. The van der Waals surface area contributed by atoms with Gasteiger partial charge in [0.1, 0.15) is 10.6 Å². The van der Waals surface area contributed by atoms with Crippen molar-refractivity contribution in [3.8, 4) is 5.75 Å². The molecule has 1 unspecified atom stereocenters. The molecule has 0 aliphatic carbocycles. The number of hydrogen-bond donors (Lipinski definition) is 2. The van der Waals surface area contributed by atoms with Gasteiger partial charge in [-0.25, -0.2) is 4.79 Å². The molecule has 0 saturated carbocycles. The van der Waals surface area contributed by atoms with Crippen LogP contribution in [0.2, 0.25) is 0 Å². The molecule has 0 spiro atoms. The van der Waals surface area contributed by atoms with Crippen LogP contribution in [0.15, 0.2) is 29.6 Å². The number of carbonyl (C=O) groups is 2. The second-order valence-electron chi connectivity index (χ2n) is 5.69. The molecular formula is C16H12F3NO4S. The summed E-state index contributed by atoms with van der Waals surface area (Å²) in [6, 6.07) is 5.99. The Kier molecular flexibility index (Phi) is 4.08. The first-order valence-electron chi connectivity index (χ1n) is 7.11. The van der Waals surface area contributed by atoms with E-state index in [1.54, 1.807) is 17.5 Å². The van der Waals surface area contributed by atoms with Crippen molar-refractivity contribution in [3.63, 3.8) is 0 Å². The first-order chi connectivity index (χ1) is 11.6. The van der Waals surface area contributed by atoms with Crippen LogP contribution in [0, 0.1) is 0 Å². The number of hydrogen-bond acceptors (Lipinski definition) is 5. The summed E-state index contributed by atoms with van der Waals surface area (Å²) in [6.07, 6.45) is -4.70. The van der Waals surface area contributed by atoms with Crippen molar-refractivity contribution in [2.24, 2.45) is 0 Å². The van der Waals surface area contributed by atoms with E-state index in [0.717, 1.165) is 5.56 Å². The zero-order chi connectivity index (χ0) is 18.4. The summed E-state index contributed by atoms with van der Waals surface area (Å²) in [5.41, 5.74) is -2.11. The number of esters is 1. The Morgan fingerprint density at radius 1 is 1.28 bits per heavy atom. The Bertz CT molecular complexity index is 857. The zero-order valence-corrected chi connectivity index (χ0v) is 13.6. The van der Waals surface area contributed by atoms with Crippen molar-refractivity contribution in [1.82, 2.24) is 0 Å². The van der Waals surface area contributed by atoms with Gasteiger partial charge < -0.3 is 15.2 Å². The highest BCUT2D eigenvalue weighted by atomic mass is 32.1. The Labute approximate surface area is 144 Å². The fraction of sp³-hybridized carbons (Fsp3) is 0.250. The highest BCUT2D eigenvalue weighted by molar-refractivity contribution is 7.12. The van der Waals surface area contributed by atoms with Crippen LogP contribution in [0.5, 0.6) is 5.75 Å². The van der Waals surface area contributed by atoms with Gasteiger partial charge in [0.2, 0.25) is 5.60 Å². The lowest BCUT2D eigenvalue weighted by molar-refractivity contribution is -0.242. The number of alkyl halides is 3. The van der Waals surface area contributed by atoms with Gasteiger partial charge in [-0.3, -0.25) is 4.79 Å². The number of aliphatic hydroxyl groups is 1. The minimum Gasteiger partial charge on any atom is -0.422 e. The van der Waals surface area contributed by atoms with E-state index in [-0.39, 0.29) is 11.4 Å². The molecule has 1 aliphatic rings. The Morgan fingerprint density at radius 2 is 2.00 bits per heavy atom. The van der Waals surface area contributed by atoms with E-state index in [1.807, 2.05) is 5.32 Å². The molecule has 132 valence electrons. The van der Waals surface area contributed by atoms with E-state index in [0.29, 0.717) is 23.8 Å². The van der Waals surface area contributed by atoms with E-state index in [1.165, 1.54) is 23.5 Å². The first kappa shape index (κ1) is 17.4. The molecule has 0 fully saturated rings. The fourth-order valence-electron chi connectivity index (χ4n) is 2.26. The third-order valence-corrected chi connectivity index (χ3v) is 4.77. The molecular weight excluding hydrogens is 359 g/mol. The van der Waals surface area contributed by atoms with Crippen LogP contribution in [0.25, 0.3) is 0 Å². The first-order valence-corrected chi connectivity index (χ1v) is 7.99. The van der Waals surface area contributed by atoms with Gasteiger partial charge in [0.25, 0.3) is 5.91 Å². The van der Waals surface area contributed by atoms with Crippen LogP contribution in [-0.2, 0) is 11.2 Å². The van der Waals surface area contributed by atoms with Gasteiger partial charge in [0, 0.05) is 18.2 Å². The van der Waals surface area contributed by atoms with Crippen LogP contribution in [-0.4, -0.2) is 28.8 Å². The molecule has 1 aliphatic heterocycles. The van der Waals surface area contributed by atoms with Crippen molar-refractivity contribution in [1.29, 1.82) is 0 Å². The molecule has 2 heterocycles. The maximum absolute atomic E-state index is 12.7. The molecule has 2 N–H and O–H groups in total.